The summed E-state index contributed by atoms with van der Waals surface area (Å²) in [5, 5.41) is 2.88. The van der Waals surface area contributed by atoms with E-state index >= 15 is 0 Å². The van der Waals surface area contributed by atoms with Crippen LogP contribution < -0.4 is 5.32 Å². The predicted molar refractivity (Wildman–Crippen MR) is 105 cm³/mol. The lowest BCUT2D eigenvalue weighted by Gasteiger charge is -2.36. The number of carbonyl (C=O) groups is 3. The van der Waals surface area contributed by atoms with Crippen molar-refractivity contribution < 1.29 is 19.1 Å². The molecule has 1 heterocycles. The van der Waals surface area contributed by atoms with Gasteiger partial charge < -0.3 is 15.0 Å². The van der Waals surface area contributed by atoms with Crippen LogP contribution in [0.4, 0.5) is 4.79 Å². The minimum Gasteiger partial charge on any atom is -0.444 e. The highest BCUT2D eigenvalue weighted by atomic mass is 79.9. The van der Waals surface area contributed by atoms with Gasteiger partial charge in [-0.15, -0.1) is 0 Å². The van der Waals surface area contributed by atoms with Gasteiger partial charge in [0.25, 0.3) is 0 Å². The van der Waals surface area contributed by atoms with Crippen LogP contribution in [0.15, 0.2) is 34.4 Å². The van der Waals surface area contributed by atoms with E-state index in [4.69, 9.17) is 4.74 Å². The van der Waals surface area contributed by atoms with Crippen molar-refractivity contribution in [3.05, 3.63) is 45.6 Å². The summed E-state index contributed by atoms with van der Waals surface area (Å²) in [5.41, 5.74) is 0.742. The number of likely N-dealkylation sites (tertiary alicyclic amines) is 1. The van der Waals surface area contributed by atoms with Gasteiger partial charge in [0, 0.05) is 30.3 Å². The van der Waals surface area contributed by atoms with Crippen LogP contribution in [0.2, 0.25) is 0 Å². The lowest BCUT2D eigenvalue weighted by atomic mass is 9.91. The first kappa shape index (κ1) is 19.6. The highest BCUT2D eigenvalue weighted by Crippen LogP contribution is 2.32. The Kier molecular flexibility index (Phi) is 5.42. The lowest BCUT2D eigenvalue weighted by molar-refractivity contribution is 0.0482. The first-order valence-corrected chi connectivity index (χ1v) is 9.79. The molecule has 3 rings (SSSR count). The number of halogens is 1. The summed E-state index contributed by atoms with van der Waals surface area (Å²) in [4.78, 5) is 39.4. The normalized spacial score (nSPS) is 18.4. The zero-order chi connectivity index (χ0) is 19.8. The van der Waals surface area contributed by atoms with Crippen LogP contribution in [0.1, 0.15) is 54.3 Å². The van der Waals surface area contributed by atoms with Crippen LogP contribution in [0.25, 0.3) is 0 Å². The molecule has 1 fully saturated rings. The molecule has 6 nitrogen and oxygen atoms in total. The van der Waals surface area contributed by atoms with E-state index in [2.05, 4.69) is 21.2 Å². The number of allylic oxidation sites excluding steroid dienone is 2. The molecule has 27 heavy (non-hydrogen) atoms. The topological polar surface area (TPSA) is 75.7 Å². The van der Waals surface area contributed by atoms with Crippen LogP contribution >= 0.6 is 15.9 Å². The van der Waals surface area contributed by atoms with Gasteiger partial charge in [-0.3, -0.25) is 9.59 Å². The van der Waals surface area contributed by atoms with Gasteiger partial charge in [-0.25, -0.2) is 4.79 Å². The van der Waals surface area contributed by atoms with Crippen molar-refractivity contribution in [3.63, 3.8) is 0 Å². The van der Waals surface area contributed by atoms with Crippen molar-refractivity contribution in [3.8, 4) is 0 Å². The number of alkyl carbamates (subject to hydrolysis) is 1. The number of amides is 1. The second-order valence-corrected chi connectivity index (χ2v) is 8.57. The number of hydrogen-bond donors (Lipinski definition) is 1. The van der Waals surface area contributed by atoms with E-state index in [-0.39, 0.29) is 17.6 Å². The summed E-state index contributed by atoms with van der Waals surface area (Å²) in [7, 11) is 0. The van der Waals surface area contributed by atoms with E-state index < -0.39 is 11.7 Å². The number of fused-ring (bicyclic) bond motifs is 1. The van der Waals surface area contributed by atoms with Gasteiger partial charge in [-0.05, 0) is 49.5 Å². The fourth-order valence-electron chi connectivity index (χ4n) is 3.34. The molecule has 144 valence electrons. The molecular formula is C20H23BrN2O4. The van der Waals surface area contributed by atoms with E-state index in [1.54, 1.807) is 24.3 Å². The van der Waals surface area contributed by atoms with Crippen LogP contribution in [-0.2, 0) is 4.74 Å². The largest absolute Gasteiger partial charge is 0.444 e. The zero-order valence-electron chi connectivity index (χ0n) is 15.7. The van der Waals surface area contributed by atoms with Crippen molar-refractivity contribution >= 4 is 33.6 Å². The quantitative estimate of drug-likeness (QED) is 0.768. The summed E-state index contributed by atoms with van der Waals surface area (Å²) in [6.45, 7) is 6.62. The fourth-order valence-corrected chi connectivity index (χ4v) is 3.98. The second-order valence-electron chi connectivity index (χ2n) is 7.77. The van der Waals surface area contributed by atoms with E-state index in [9.17, 15) is 14.4 Å². The molecule has 0 spiro atoms. The zero-order valence-corrected chi connectivity index (χ0v) is 17.3. The number of ether oxygens (including phenoxy) is 1. The van der Waals surface area contributed by atoms with Crippen molar-refractivity contribution in [2.24, 2.45) is 0 Å². The summed E-state index contributed by atoms with van der Waals surface area (Å²) < 4.78 is 5.60. The Bertz CT molecular complexity index is 818. The third-order valence-electron chi connectivity index (χ3n) is 4.57. The average Bonchev–Trinajstić information content (AvgIpc) is 2.60. The maximum atomic E-state index is 12.9. The number of ketones is 2. The summed E-state index contributed by atoms with van der Waals surface area (Å²) in [6.07, 6.45) is 0.914. The first-order chi connectivity index (χ1) is 12.7. The molecule has 0 atom stereocenters. The molecule has 0 saturated carbocycles. The first-order valence-electron chi connectivity index (χ1n) is 9.00. The Balaban J connectivity index is 1.68. The Morgan fingerprint density at radius 1 is 1.11 bits per heavy atom. The molecule has 0 aromatic heterocycles. The van der Waals surface area contributed by atoms with Crippen LogP contribution in [0.3, 0.4) is 0 Å². The Hall–Kier alpha value is -2.15. The number of nitrogens with one attached hydrogen (secondary N) is 1. The fraction of sp³-hybridized carbons (Fsp3) is 0.450. The number of hydrogen-bond acceptors (Lipinski definition) is 5. The van der Waals surface area contributed by atoms with Crippen molar-refractivity contribution in [2.45, 2.75) is 45.3 Å². The highest BCUT2D eigenvalue weighted by molar-refractivity contribution is 9.12. The van der Waals surface area contributed by atoms with Crippen molar-refractivity contribution in [2.75, 3.05) is 13.1 Å². The molecule has 1 aliphatic heterocycles. The smallest absolute Gasteiger partial charge is 0.407 e. The number of rotatable bonds is 2. The van der Waals surface area contributed by atoms with Gasteiger partial charge in [-0.2, -0.15) is 0 Å². The molecule has 0 unspecified atom stereocenters. The lowest BCUT2D eigenvalue weighted by Crippen LogP contribution is -2.47. The average molecular weight is 435 g/mol. The highest BCUT2D eigenvalue weighted by Gasteiger charge is 2.35. The molecule has 1 aliphatic carbocycles. The third kappa shape index (κ3) is 4.24. The van der Waals surface area contributed by atoms with Gasteiger partial charge in [-0.1, -0.05) is 24.3 Å². The molecule has 1 aromatic carbocycles. The van der Waals surface area contributed by atoms with Gasteiger partial charge in [0.05, 0.1) is 4.48 Å². The predicted octanol–water partition coefficient (Wildman–Crippen LogP) is 3.66. The molecule has 1 saturated heterocycles. The molecule has 1 aromatic rings. The maximum absolute atomic E-state index is 12.9. The minimum absolute atomic E-state index is 0.0165. The molecular weight excluding hydrogens is 412 g/mol. The minimum atomic E-state index is -0.539. The summed E-state index contributed by atoms with van der Waals surface area (Å²) in [5.74, 6) is -0.315. The number of nitrogens with zero attached hydrogens (tertiary/aromatic N) is 1. The number of carbonyl (C=O) groups excluding carboxylic acids is 3. The van der Waals surface area contributed by atoms with E-state index in [1.165, 1.54) is 0 Å². The Morgan fingerprint density at radius 3 is 2.22 bits per heavy atom. The molecule has 2 aliphatic rings. The Morgan fingerprint density at radius 2 is 1.67 bits per heavy atom. The van der Waals surface area contributed by atoms with Crippen LogP contribution in [0, 0.1) is 0 Å². The van der Waals surface area contributed by atoms with Crippen molar-refractivity contribution in [1.29, 1.82) is 0 Å². The summed E-state index contributed by atoms with van der Waals surface area (Å²) >= 11 is 3.33. The Labute approximate surface area is 167 Å². The monoisotopic (exact) mass is 434 g/mol. The molecule has 0 bridgehead atoms. The molecule has 0 radical (unpaired) electrons. The number of piperidine rings is 1. The summed E-state index contributed by atoms with van der Waals surface area (Å²) in [6, 6.07) is 6.86. The van der Waals surface area contributed by atoms with Crippen molar-refractivity contribution in [1.82, 2.24) is 10.2 Å². The van der Waals surface area contributed by atoms with E-state index in [1.807, 2.05) is 25.7 Å². The standard InChI is InChI=1S/C20H23BrN2O4/c1-20(2,3)27-19(26)22-12-8-10-23(11-9-12)16-15(21)17(24)13-6-4-5-7-14(13)18(16)25/h4-7,12H,8-11H2,1-3H3,(H,22,26). The molecule has 1 N–H and O–H groups in total. The number of benzene rings is 1. The third-order valence-corrected chi connectivity index (χ3v) is 5.31. The van der Waals surface area contributed by atoms with Gasteiger partial charge >= 0.3 is 6.09 Å². The second kappa shape index (κ2) is 7.46. The van der Waals surface area contributed by atoms with E-state index in [0.717, 1.165) is 0 Å². The van der Waals surface area contributed by atoms with E-state index in [0.29, 0.717) is 47.2 Å². The van der Waals surface area contributed by atoms with Gasteiger partial charge in [0.2, 0.25) is 11.6 Å². The molecule has 7 heteroatoms. The van der Waals surface area contributed by atoms with Crippen LogP contribution in [-0.4, -0.2) is 47.3 Å². The molecule has 1 amide bonds. The number of Topliss-reactive ketones (excluding diaryl/α,β-unsaturated/α-hetero) is 2. The van der Waals surface area contributed by atoms with Gasteiger partial charge in [0.1, 0.15) is 11.3 Å². The van der Waals surface area contributed by atoms with Gasteiger partial charge in [0.15, 0.2) is 0 Å². The van der Waals surface area contributed by atoms with Crippen LogP contribution in [0.5, 0.6) is 0 Å². The SMILES string of the molecule is CC(C)(C)OC(=O)NC1CCN(C2=C(Br)C(=O)c3ccccc3C2=O)CC1. The maximum Gasteiger partial charge on any atom is 0.407 e.